The van der Waals surface area contributed by atoms with Crippen molar-refractivity contribution in [1.29, 1.82) is 0 Å². The molecule has 0 nitrogen and oxygen atoms in total. The summed E-state index contributed by atoms with van der Waals surface area (Å²) >= 11 is 9.13. The molecule has 1 atom stereocenters. The van der Waals surface area contributed by atoms with Gasteiger partial charge in [0.25, 0.3) is 0 Å². The quantitative estimate of drug-likeness (QED) is 0.469. The Morgan fingerprint density at radius 2 is 1.89 bits per heavy atom. The molecule has 0 radical (unpaired) electrons. The van der Waals surface area contributed by atoms with Gasteiger partial charge in [-0.1, -0.05) is 62.2 Å². The maximum atomic E-state index is 3.81. The molecule has 3 heteroatoms. The van der Waals surface area contributed by atoms with E-state index in [1.165, 1.54) is 16.0 Å². The van der Waals surface area contributed by atoms with Crippen LogP contribution in [0.15, 0.2) is 57.9 Å². The standard InChI is InChI=1S/C15H14Br2S/c1-18-15-8-3-2-7-13(15)14(17)10-11-5-4-6-12(16)9-11/h2-9,14H,10H2,1H3. The molecule has 0 saturated heterocycles. The van der Waals surface area contributed by atoms with E-state index < -0.39 is 0 Å². The molecule has 0 N–H and O–H groups in total. The number of halogens is 2. The predicted molar refractivity (Wildman–Crippen MR) is 87.7 cm³/mol. The largest absolute Gasteiger partial charge is 0.129 e. The number of hydrogen-bond donors (Lipinski definition) is 0. The Hall–Kier alpha value is -0.250. The Kier molecular flexibility index (Phi) is 5.34. The summed E-state index contributed by atoms with van der Waals surface area (Å²) in [6.45, 7) is 0. The molecule has 0 aliphatic carbocycles. The molecular formula is C15H14Br2S. The number of hydrogen-bond acceptors (Lipinski definition) is 1. The number of alkyl halides is 1. The Labute approximate surface area is 129 Å². The zero-order valence-electron chi connectivity index (χ0n) is 10.1. The van der Waals surface area contributed by atoms with Gasteiger partial charge < -0.3 is 0 Å². The summed E-state index contributed by atoms with van der Waals surface area (Å²) in [6, 6.07) is 17.1. The van der Waals surface area contributed by atoms with Crippen molar-refractivity contribution in [2.75, 3.05) is 6.26 Å². The third kappa shape index (κ3) is 3.62. The predicted octanol–water partition coefficient (Wildman–Crippen LogP) is 5.85. The van der Waals surface area contributed by atoms with E-state index in [-0.39, 0.29) is 0 Å². The van der Waals surface area contributed by atoms with Crippen LogP contribution in [0.2, 0.25) is 0 Å². The maximum Gasteiger partial charge on any atom is 0.0446 e. The number of benzene rings is 2. The molecule has 0 fully saturated rings. The molecule has 0 heterocycles. The molecule has 0 amide bonds. The molecule has 94 valence electrons. The minimum Gasteiger partial charge on any atom is -0.129 e. The van der Waals surface area contributed by atoms with Crippen LogP contribution in [0.25, 0.3) is 0 Å². The topological polar surface area (TPSA) is 0 Å². The molecular weight excluding hydrogens is 372 g/mol. The number of thioether (sulfide) groups is 1. The van der Waals surface area contributed by atoms with Crippen LogP contribution in [-0.2, 0) is 6.42 Å². The summed E-state index contributed by atoms with van der Waals surface area (Å²) in [5.74, 6) is 0. The van der Waals surface area contributed by atoms with Crippen molar-refractivity contribution in [2.45, 2.75) is 16.1 Å². The summed E-state index contributed by atoms with van der Waals surface area (Å²) in [4.78, 5) is 1.70. The maximum absolute atomic E-state index is 3.81. The molecule has 1 unspecified atom stereocenters. The first-order chi connectivity index (χ1) is 8.70. The SMILES string of the molecule is CSc1ccccc1C(Br)Cc1cccc(Br)c1. The zero-order chi connectivity index (χ0) is 13.0. The van der Waals surface area contributed by atoms with Crippen molar-refractivity contribution in [3.05, 3.63) is 64.1 Å². The fourth-order valence-electron chi connectivity index (χ4n) is 1.91. The van der Waals surface area contributed by atoms with Gasteiger partial charge in [-0.2, -0.15) is 0 Å². The Bertz CT molecular complexity index is 525. The first kappa shape index (κ1) is 14.2. The monoisotopic (exact) mass is 384 g/mol. The van der Waals surface area contributed by atoms with Gasteiger partial charge in [0, 0.05) is 14.2 Å². The Morgan fingerprint density at radius 3 is 2.61 bits per heavy atom. The van der Waals surface area contributed by atoms with Gasteiger partial charge in [-0.15, -0.1) is 11.8 Å². The highest BCUT2D eigenvalue weighted by Crippen LogP contribution is 2.33. The fraction of sp³-hybridized carbons (Fsp3) is 0.200. The van der Waals surface area contributed by atoms with Gasteiger partial charge in [-0.05, 0) is 42.0 Å². The lowest BCUT2D eigenvalue weighted by Gasteiger charge is -2.14. The van der Waals surface area contributed by atoms with E-state index in [0.29, 0.717) is 4.83 Å². The van der Waals surface area contributed by atoms with E-state index in [1.807, 2.05) is 0 Å². The first-order valence-corrected chi connectivity index (χ1v) is 8.65. The van der Waals surface area contributed by atoms with Crippen molar-refractivity contribution in [2.24, 2.45) is 0 Å². The molecule has 0 aliphatic heterocycles. The molecule has 18 heavy (non-hydrogen) atoms. The van der Waals surface area contributed by atoms with Crippen LogP contribution in [0, 0.1) is 0 Å². The second kappa shape index (κ2) is 6.78. The van der Waals surface area contributed by atoms with E-state index in [0.717, 1.165) is 10.9 Å². The molecule has 0 bridgehead atoms. The highest BCUT2D eigenvalue weighted by molar-refractivity contribution is 9.10. The van der Waals surface area contributed by atoms with Crippen LogP contribution in [0.1, 0.15) is 16.0 Å². The highest BCUT2D eigenvalue weighted by atomic mass is 79.9. The zero-order valence-corrected chi connectivity index (χ0v) is 14.1. The lowest BCUT2D eigenvalue weighted by Crippen LogP contribution is -1.97. The number of rotatable bonds is 4. The average Bonchev–Trinajstić information content (AvgIpc) is 2.38. The molecule has 2 rings (SSSR count). The lowest BCUT2D eigenvalue weighted by molar-refractivity contribution is 0.924. The Balaban J connectivity index is 2.19. The highest BCUT2D eigenvalue weighted by Gasteiger charge is 2.12. The smallest absolute Gasteiger partial charge is 0.0446 e. The molecule has 2 aromatic carbocycles. The molecule has 0 spiro atoms. The second-order valence-corrected chi connectivity index (χ2v) is 6.91. The fourth-order valence-corrected chi connectivity index (χ4v) is 3.94. The Morgan fingerprint density at radius 1 is 1.11 bits per heavy atom. The third-order valence-corrected chi connectivity index (χ3v) is 4.90. The minimum absolute atomic E-state index is 0.357. The molecule has 2 aromatic rings. The summed E-state index contributed by atoms with van der Waals surface area (Å²) in [5.41, 5.74) is 2.70. The van der Waals surface area contributed by atoms with E-state index in [1.54, 1.807) is 11.8 Å². The van der Waals surface area contributed by atoms with E-state index >= 15 is 0 Å². The minimum atomic E-state index is 0.357. The van der Waals surface area contributed by atoms with Crippen LogP contribution in [0.4, 0.5) is 0 Å². The summed E-state index contributed by atoms with van der Waals surface area (Å²) in [7, 11) is 0. The van der Waals surface area contributed by atoms with E-state index in [9.17, 15) is 0 Å². The molecule has 0 aliphatic rings. The second-order valence-electron chi connectivity index (χ2n) is 4.04. The van der Waals surface area contributed by atoms with E-state index in [4.69, 9.17) is 0 Å². The van der Waals surface area contributed by atoms with Crippen LogP contribution in [-0.4, -0.2) is 6.26 Å². The van der Waals surface area contributed by atoms with Crippen molar-refractivity contribution in [1.82, 2.24) is 0 Å². The van der Waals surface area contributed by atoms with Crippen LogP contribution in [0.5, 0.6) is 0 Å². The van der Waals surface area contributed by atoms with Gasteiger partial charge >= 0.3 is 0 Å². The van der Waals surface area contributed by atoms with Crippen LogP contribution >= 0.6 is 43.6 Å². The third-order valence-electron chi connectivity index (χ3n) is 2.78. The van der Waals surface area contributed by atoms with Gasteiger partial charge in [0.05, 0.1) is 0 Å². The summed E-state index contributed by atoms with van der Waals surface area (Å²) in [6.07, 6.45) is 3.12. The van der Waals surface area contributed by atoms with E-state index in [2.05, 4.69) is 86.6 Å². The van der Waals surface area contributed by atoms with Crippen molar-refractivity contribution < 1.29 is 0 Å². The van der Waals surface area contributed by atoms with Gasteiger partial charge in [-0.3, -0.25) is 0 Å². The van der Waals surface area contributed by atoms with Crippen molar-refractivity contribution in [3.63, 3.8) is 0 Å². The van der Waals surface area contributed by atoms with Crippen LogP contribution in [0.3, 0.4) is 0 Å². The molecule has 0 aromatic heterocycles. The lowest BCUT2D eigenvalue weighted by atomic mass is 10.0. The average molecular weight is 386 g/mol. The summed E-state index contributed by atoms with van der Waals surface area (Å²) < 4.78 is 1.14. The van der Waals surface area contributed by atoms with Crippen molar-refractivity contribution >= 4 is 43.6 Å². The normalized spacial score (nSPS) is 12.4. The van der Waals surface area contributed by atoms with Gasteiger partial charge in [0.15, 0.2) is 0 Å². The summed E-state index contributed by atoms with van der Waals surface area (Å²) in [5, 5.41) is 0. The van der Waals surface area contributed by atoms with Crippen molar-refractivity contribution in [3.8, 4) is 0 Å². The molecule has 0 saturated carbocycles. The first-order valence-electron chi connectivity index (χ1n) is 5.72. The van der Waals surface area contributed by atoms with Gasteiger partial charge in [-0.25, -0.2) is 0 Å². The van der Waals surface area contributed by atoms with Crippen LogP contribution < -0.4 is 0 Å². The van der Waals surface area contributed by atoms with Gasteiger partial charge in [0.1, 0.15) is 0 Å². The van der Waals surface area contributed by atoms with Gasteiger partial charge in [0.2, 0.25) is 0 Å².